The van der Waals surface area contributed by atoms with Crippen LogP contribution in [0, 0.1) is 0 Å². The molecule has 0 spiro atoms. The summed E-state index contributed by atoms with van der Waals surface area (Å²) in [5, 5.41) is 18.7. The van der Waals surface area contributed by atoms with Crippen LogP contribution >= 0.6 is 0 Å². The van der Waals surface area contributed by atoms with Crippen LogP contribution in [0.3, 0.4) is 0 Å². The van der Waals surface area contributed by atoms with Crippen LogP contribution in [0.1, 0.15) is 50.4 Å². The number of hydrogen-bond donors (Lipinski definition) is 2. The quantitative estimate of drug-likeness (QED) is 0.567. The van der Waals surface area contributed by atoms with Gasteiger partial charge in [-0.1, -0.05) is 20.3 Å². The van der Waals surface area contributed by atoms with Crippen LogP contribution in [0.2, 0.25) is 0 Å². The molecule has 112 valence electrons. The first-order valence-electron chi connectivity index (χ1n) is 7.28. The van der Waals surface area contributed by atoms with Gasteiger partial charge in [0.2, 0.25) is 0 Å². The van der Waals surface area contributed by atoms with Gasteiger partial charge >= 0.3 is 0 Å². The molecule has 1 rings (SSSR count). The second-order valence-electron chi connectivity index (χ2n) is 5.21. The Morgan fingerprint density at radius 1 is 1.25 bits per heavy atom. The number of carbonyl (C=O) groups excluding carboxylic acids is 1. The van der Waals surface area contributed by atoms with Gasteiger partial charge in [-0.25, -0.2) is 0 Å². The molecule has 0 aromatic heterocycles. The number of phenols is 2. The molecule has 0 amide bonds. The van der Waals surface area contributed by atoms with E-state index < -0.39 is 0 Å². The molecule has 0 fully saturated rings. The maximum Gasteiger partial charge on any atom is 0.176 e. The first-order valence-corrected chi connectivity index (χ1v) is 7.28. The number of phenolic OH excluding ortho intramolecular Hbond substituents is 2. The fourth-order valence-electron chi connectivity index (χ4n) is 2.05. The van der Waals surface area contributed by atoms with Crippen molar-refractivity contribution in [3.63, 3.8) is 0 Å². The van der Waals surface area contributed by atoms with Crippen LogP contribution in [-0.4, -0.2) is 40.0 Å². The number of ketones is 1. The number of benzene rings is 1. The van der Waals surface area contributed by atoms with E-state index in [1.54, 1.807) is 6.07 Å². The summed E-state index contributed by atoms with van der Waals surface area (Å²) in [6.07, 6.45) is 3.16. The van der Waals surface area contributed by atoms with Crippen molar-refractivity contribution in [3.8, 4) is 11.5 Å². The van der Waals surface area contributed by atoms with Crippen LogP contribution in [-0.2, 0) is 0 Å². The number of unbranched alkanes of at least 4 members (excludes halogenated alkanes) is 1. The van der Waals surface area contributed by atoms with E-state index in [-0.39, 0.29) is 17.3 Å². The Morgan fingerprint density at radius 3 is 2.50 bits per heavy atom. The molecule has 4 heteroatoms. The maximum atomic E-state index is 12.3. The van der Waals surface area contributed by atoms with E-state index in [0.29, 0.717) is 18.2 Å². The third-order valence-electron chi connectivity index (χ3n) is 3.66. The molecule has 2 N–H and O–H groups in total. The highest BCUT2D eigenvalue weighted by atomic mass is 16.3. The largest absolute Gasteiger partial charge is 0.504 e. The molecule has 1 unspecified atom stereocenters. The summed E-state index contributed by atoms with van der Waals surface area (Å²) in [7, 11) is 0. The maximum absolute atomic E-state index is 12.3. The first kappa shape index (κ1) is 16.5. The van der Waals surface area contributed by atoms with Gasteiger partial charge in [-0.2, -0.15) is 0 Å². The highest BCUT2D eigenvalue weighted by molar-refractivity contribution is 5.98. The Morgan fingerprint density at radius 2 is 1.95 bits per heavy atom. The SMILES string of the molecule is CCCCN(CC(=O)c1ccc(O)c(O)c1)C(C)CC. The Hall–Kier alpha value is -1.55. The molecule has 4 nitrogen and oxygen atoms in total. The van der Waals surface area contributed by atoms with Gasteiger partial charge in [0.1, 0.15) is 0 Å². The molecule has 0 saturated heterocycles. The van der Waals surface area contributed by atoms with Crippen LogP contribution in [0.15, 0.2) is 18.2 Å². The molecule has 1 aromatic rings. The third kappa shape index (κ3) is 4.53. The van der Waals surface area contributed by atoms with Crippen LogP contribution < -0.4 is 0 Å². The Bertz CT molecular complexity index is 445. The second-order valence-corrected chi connectivity index (χ2v) is 5.21. The van der Waals surface area contributed by atoms with Crippen molar-refractivity contribution in [2.75, 3.05) is 13.1 Å². The summed E-state index contributed by atoms with van der Waals surface area (Å²) in [5.74, 6) is -0.484. The molecular weight excluding hydrogens is 254 g/mol. The monoisotopic (exact) mass is 279 g/mol. The lowest BCUT2D eigenvalue weighted by Gasteiger charge is -2.27. The number of nitrogens with zero attached hydrogens (tertiary/aromatic N) is 1. The average molecular weight is 279 g/mol. The van der Waals surface area contributed by atoms with E-state index in [9.17, 15) is 15.0 Å². The number of carbonyl (C=O) groups is 1. The van der Waals surface area contributed by atoms with Gasteiger partial charge in [0.05, 0.1) is 6.54 Å². The van der Waals surface area contributed by atoms with Crippen LogP contribution in [0.5, 0.6) is 11.5 Å². The van der Waals surface area contributed by atoms with Crippen molar-refractivity contribution < 1.29 is 15.0 Å². The van der Waals surface area contributed by atoms with E-state index in [1.807, 2.05) is 0 Å². The smallest absolute Gasteiger partial charge is 0.176 e. The average Bonchev–Trinajstić information content (AvgIpc) is 2.45. The standard InChI is InChI=1S/C16H25NO3/c1-4-6-9-17(12(3)5-2)11-16(20)13-7-8-14(18)15(19)10-13/h7-8,10,12,18-19H,4-6,9,11H2,1-3H3. The second kappa shape index (κ2) is 7.90. The molecule has 0 bridgehead atoms. The number of rotatable bonds is 8. The number of Topliss-reactive ketones (excluding diaryl/α,β-unsaturated/α-hetero) is 1. The fraction of sp³-hybridized carbons (Fsp3) is 0.562. The lowest BCUT2D eigenvalue weighted by molar-refractivity contribution is 0.0894. The summed E-state index contributed by atoms with van der Waals surface area (Å²) in [6, 6.07) is 4.58. The van der Waals surface area contributed by atoms with Crippen LogP contribution in [0.4, 0.5) is 0 Å². The van der Waals surface area contributed by atoms with Gasteiger partial charge in [-0.15, -0.1) is 0 Å². The predicted molar refractivity (Wildman–Crippen MR) is 80.3 cm³/mol. The fourth-order valence-corrected chi connectivity index (χ4v) is 2.05. The topological polar surface area (TPSA) is 60.8 Å². The molecule has 0 saturated carbocycles. The van der Waals surface area contributed by atoms with Gasteiger partial charge in [0.15, 0.2) is 17.3 Å². The summed E-state index contributed by atoms with van der Waals surface area (Å²) in [6.45, 7) is 7.62. The molecule has 1 atom stereocenters. The molecule has 0 aliphatic heterocycles. The summed E-state index contributed by atoms with van der Waals surface area (Å²) in [5.41, 5.74) is 0.435. The van der Waals surface area contributed by atoms with Crippen molar-refractivity contribution >= 4 is 5.78 Å². The molecule has 1 aromatic carbocycles. The Balaban J connectivity index is 2.76. The van der Waals surface area contributed by atoms with Gasteiger partial charge in [-0.3, -0.25) is 9.69 Å². The van der Waals surface area contributed by atoms with Crippen molar-refractivity contribution in [1.29, 1.82) is 0 Å². The third-order valence-corrected chi connectivity index (χ3v) is 3.66. The zero-order chi connectivity index (χ0) is 15.1. The Labute approximate surface area is 121 Å². The molecule has 0 aliphatic rings. The van der Waals surface area contributed by atoms with Crippen molar-refractivity contribution in [2.24, 2.45) is 0 Å². The lowest BCUT2D eigenvalue weighted by atomic mass is 10.1. The summed E-state index contributed by atoms with van der Waals surface area (Å²) in [4.78, 5) is 14.4. The molecular formula is C16H25NO3. The van der Waals surface area contributed by atoms with E-state index in [2.05, 4.69) is 25.7 Å². The van der Waals surface area contributed by atoms with Crippen molar-refractivity contribution in [1.82, 2.24) is 4.90 Å². The predicted octanol–water partition coefficient (Wildman–Crippen LogP) is 3.18. The van der Waals surface area contributed by atoms with E-state index in [1.165, 1.54) is 12.1 Å². The minimum atomic E-state index is -0.250. The normalized spacial score (nSPS) is 12.6. The van der Waals surface area contributed by atoms with Gasteiger partial charge in [0, 0.05) is 11.6 Å². The highest BCUT2D eigenvalue weighted by Gasteiger charge is 2.17. The molecule has 0 radical (unpaired) electrons. The lowest BCUT2D eigenvalue weighted by Crippen LogP contribution is -2.37. The zero-order valence-corrected chi connectivity index (χ0v) is 12.6. The highest BCUT2D eigenvalue weighted by Crippen LogP contribution is 2.25. The number of aromatic hydroxyl groups is 2. The minimum absolute atomic E-state index is 0.0308. The van der Waals surface area contributed by atoms with Crippen molar-refractivity contribution in [2.45, 2.75) is 46.1 Å². The Kier molecular flexibility index (Phi) is 6.52. The first-order chi connectivity index (χ1) is 9.49. The number of hydrogen-bond acceptors (Lipinski definition) is 4. The summed E-state index contributed by atoms with van der Waals surface area (Å²) < 4.78 is 0. The van der Waals surface area contributed by atoms with Gasteiger partial charge in [0.25, 0.3) is 0 Å². The van der Waals surface area contributed by atoms with E-state index in [4.69, 9.17) is 0 Å². The van der Waals surface area contributed by atoms with E-state index >= 15 is 0 Å². The van der Waals surface area contributed by atoms with Gasteiger partial charge in [-0.05, 0) is 44.5 Å². The van der Waals surface area contributed by atoms with Gasteiger partial charge < -0.3 is 10.2 Å². The molecule has 20 heavy (non-hydrogen) atoms. The molecule has 0 heterocycles. The van der Waals surface area contributed by atoms with E-state index in [0.717, 1.165) is 25.8 Å². The van der Waals surface area contributed by atoms with Crippen LogP contribution in [0.25, 0.3) is 0 Å². The minimum Gasteiger partial charge on any atom is -0.504 e. The molecule has 0 aliphatic carbocycles. The summed E-state index contributed by atoms with van der Waals surface area (Å²) >= 11 is 0. The van der Waals surface area contributed by atoms with Crippen molar-refractivity contribution in [3.05, 3.63) is 23.8 Å². The zero-order valence-electron chi connectivity index (χ0n) is 12.6.